The van der Waals surface area contributed by atoms with E-state index < -0.39 is 11.0 Å². The summed E-state index contributed by atoms with van der Waals surface area (Å²) < 4.78 is 0. The van der Waals surface area contributed by atoms with Crippen LogP contribution in [0.5, 0.6) is 0 Å². The van der Waals surface area contributed by atoms with Gasteiger partial charge >= 0.3 is 0 Å². The molecule has 0 fully saturated rings. The number of nitro groups is 1. The predicted molar refractivity (Wildman–Crippen MR) is 48.0 cm³/mol. The van der Waals surface area contributed by atoms with E-state index in [2.05, 4.69) is 4.98 Å². The molecule has 2 N–H and O–H groups in total. The summed E-state index contributed by atoms with van der Waals surface area (Å²) in [5.41, 5.74) is 5.98. The fourth-order valence-corrected chi connectivity index (χ4v) is 0.928. The Balaban J connectivity index is 2.84. The van der Waals surface area contributed by atoms with E-state index in [0.717, 1.165) is 6.20 Å². The first kappa shape index (κ1) is 10.1. The zero-order chi connectivity index (χ0) is 10.6. The fraction of sp³-hybridized carbons (Fsp3) is 0.250. The summed E-state index contributed by atoms with van der Waals surface area (Å²) in [6, 6.07) is 4.20. The third-order valence-electron chi connectivity index (χ3n) is 1.67. The topological polar surface area (TPSA) is 106 Å². The molecule has 0 aliphatic carbocycles. The maximum atomic E-state index is 10.3. The van der Waals surface area contributed by atoms with Gasteiger partial charge in [-0.15, -0.1) is 0 Å². The minimum absolute atomic E-state index is 0.0853. The lowest BCUT2D eigenvalue weighted by atomic mass is 10.1. The lowest BCUT2D eigenvalue weighted by Gasteiger charge is -2.04. The molecule has 0 saturated heterocycles. The molecule has 0 aromatic carbocycles. The van der Waals surface area contributed by atoms with Crippen LogP contribution in [0.1, 0.15) is 18.2 Å². The standard InChI is InChI=1S/C8H8N4O2/c9-4-3-7(10)8-2-1-6(5-11-8)12(13)14/h1-2,5,7H,3,10H2/t7-/m1/s1. The highest BCUT2D eigenvalue weighted by Gasteiger charge is 2.10. The molecule has 1 rings (SSSR count). The quantitative estimate of drug-likeness (QED) is 0.565. The molecule has 0 radical (unpaired) electrons. The van der Waals surface area contributed by atoms with Crippen molar-refractivity contribution in [2.75, 3.05) is 0 Å². The summed E-state index contributed by atoms with van der Waals surface area (Å²) >= 11 is 0. The SMILES string of the molecule is N#CC[C@@H](N)c1ccc([N+](=O)[O-])cn1. The summed E-state index contributed by atoms with van der Waals surface area (Å²) in [5, 5.41) is 18.7. The van der Waals surface area contributed by atoms with Gasteiger partial charge in [-0.05, 0) is 6.07 Å². The van der Waals surface area contributed by atoms with Gasteiger partial charge in [-0.2, -0.15) is 5.26 Å². The summed E-state index contributed by atoms with van der Waals surface area (Å²) in [5.74, 6) is 0. The summed E-state index contributed by atoms with van der Waals surface area (Å²) in [6.45, 7) is 0. The number of rotatable bonds is 3. The number of aromatic nitrogens is 1. The third kappa shape index (κ3) is 2.24. The molecule has 0 unspecified atom stereocenters. The Kier molecular flexibility index (Phi) is 3.09. The summed E-state index contributed by atoms with van der Waals surface area (Å²) in [6.07, 6.45) is 1.28. The van der Waals surface area contributed by atoms with E-state index in [9.17, 15) is 10.1 Å². The van der Waals surface area contributed by atoms with Crippen LogP contribution in [-0.4, -0.2) is 9.91 Å². The molecule has 0 saturated carbocycles. The highest BCUT2D eigenvalue weighted by Crippen LogP contribution is 2.14. The maximum absolute atomic E-state index is 10.3. The molecule has 6 nitrogen and oxygen atoms in total. The van der Waals surface area contributed by atoms with E-state index in [0.29, 0.717) is 5.69 Å². The second-order valence-corrected chi connectivity index (χ2v) is 2.67. The molecule has 0 bridgehead atoms. The molecule has 1 aromatic rings. The van der Waals surface area contributed by atoms with Gasteiger partial charge in [0, 0.05) is 6.07 Å². The average molecular weight is 192 g/mol. The molecule has 0 aliphatic rings. The smallest absolute Gasteiger partial charge is 0.287 e. The number of nitrogens with zero attached hydrogens (tertiary/aromatic N) is 3. The molecule has 1 heterocycles. The number of nitriles is 1. The van der Waals surface area contributed by atoms with Crippen molar-refractivity contribution in [1.29, 1.82) is 5.26 Å². The van der Waals surface area contributed by atoms with Crippen LogP contribution in [0.4, 0.5) is 5.69 Å². The normalized spacial score (nSPS) is 11.7. The fourth-order valence-electron chi connectivity index (χ4n) is 0.928. The Bertz CT molecular complexity index is 368. The predicted octanol–water partition coefficient (Wildman–Crippen LogP) is 0.903. The van der Waals surface area contributed by atoms with Gasteiger partial charge in [0.2, 0.25) is 0 Å². The first-order valence-corrected chi connectivity index (χ1v) is 3.88. The van der Waals surface area contributed by atoms with Crippen LogP contribution in [0.25, 0.3) is 0 Å². The van der Waals surface area contributed by atoms with Gasteiger partial charge in [0.25, 0.3) is 5.69 Å². The number of hydrogen-bond donors (Lipinski definition) is 1. The third-order valence-corrected chi connectivity index (χ3v) is 1.67. The minimum Gasteiger partial charge on any atom is -0.322 e. The van der Waals surface area contributed by atoms with Gasteiger partial charge in [0.05, 0.1) is 29.1 Å². The largest absolute Gasteiger partial charge is 0.322 e. The Morgan fingerprint density at radius 3 is 2.86 bits per heavy atom. The van der Waals surface area contributed by atoms with Gasteiger partial charge in [-0.1, -0.05) is 0 Å². The van der Waals surface area contributed by atoms with E-state index in [1.54, 1.807) is 0 Å². The van der Waals surface area contributed by atoms with Crippen LogP contribution in [0.3, 0.4) is 0 Å². The van der Waals surface area contributed by atoms with E-state index in [-0.39, 0.29) is 12.1 Å². The van der Waals surface area contributed by atoms with Crippen LogP contribution >= 0.6 is 0 Å². The first-order chi connectivity index (χ1) is 6.65. The van der Waals surface area contributed by atoms with Crippen molar-refractivity contribution < 1.29 is 4.92 Å². The molecule has 0 aliphatic heterocycles. The first-order valence-electron chi connectivity index (χ1n) is 3.88. The van der Waals surface area contributed by atoms with Crippen molar-refractivity contribution in [2.24, 2.45) is 5.73 Å². The van der Waals surface area contributed by atoms with E-state index in [1.807, 2.05) is 6.07 Å². The van der Waals surface area contributed by atoms with Gasteiger partial charge in [0.15, 0.2) is 0 Å². The molecular formula is C8H8N4O2. The van der Waals surface area contributed by atoms with Crippen molar-refractivity contribution in [1.82, 2.24) is 4.98 Å². The Labute approximate surface area is 80.1 Å². The van der Waals surface area contributed by atoms with Gasteiger partial charge in [-0.3, -0.25) is 15.1 Å². The van der Waals surface area contributed by atoms with Crippen LogP contribution < -0.4 is 5.73 Å². The van der Waals surface area contributed by atoms with Crippen LogP contribution in [0, 0.1) is 21.4 Å². The van der Waals surface area contributed by atoms with Crippen molar-refractivity contribution >= 4 is 5.69 Å². The second kappa shape index (κ2) is 4.30. The Morgan fingerprint density at radius 1 is 1.71 bits per heavy atom. The van der Waals surface area contributed by atoms with Crippen molar-refractivity contribution in [2.45, 2.75) is 12.5 Å². The summed E-state index contributed by atoms with van der Waals surface area (Å²) in [4.78, 5) is 13.6. The summed E-state index contributed by atoms with van der Waals surface area (Å²) in [7, 11) is 0. The average Bonchev–Trinajstić information content (AvgIpc) is 2.18. The van der Waals surface area contributed by atoms with Crippen LogP contribution in [-0.2, 0) is 0 Å². The maximum Gasteiger partial charge on any atom is 0.287 e. The van der Waals surface area contributed by atoms with Gasteiger partial charge in [0.1, 0.15) is 6.20 Å². The van der Waals surface area contributed by atoms with E-state index in [1.165, 1.54) is 12.1 Å². The molecule has 72 valence electrons. The van der Waals surface area contributed by atoms with E-state index >= 15 is 0 Å². The van der Waals surface area contributed by atoms with Crippen LogP contribution in [0.15, 0.2) is 18.3 Å². The number of nitrogens with two attached hydrogens (primary N) is 1. The highest BCUT2D eigenvalue weighted by atomic mass is 16.6. The van der Waals surface area contributed by atoms with E-state index in [4.69, 9.17) is 11.0 Å². The number of pyridine rings is 1. The molecule has 1 atom stereocenters. The van der Waals surface area contributed by atoms with Crippen molar-refractivity contribution in [3.05, 3.63) is 34.1 Å². The zero-order valence-corrected chi connectivity index (χ0v) is 7.25. The van der Waals surface area contributed by atoms with Gasteiger partial charge in [-0.25, -0.2) is 0 Å². The minimum atomic E-state index is -0.535. The molecule has 0 amide bonds. The monoisotopic (exact) mass is 192 g/mol. The van der Waals surface area contributed by atoms with Crippen molar-refractivity contribution in [3.63, 3.8) is 0 Å². The molecule has 6 heteroatoms. The Hall–Kier alpha value is -2.00. The molecular weight excluding hydrogens is 184 g/mol. The lowest BCUT2D eigenvalue weighted by Crippen LogP contribution is -2.11. The lowest BCUT2D eigenvalue weighted by molar-refractivity contribution is -0.385. The highest BCUT2D eigenvalue weighted by molar-refractivity contribution is 5.27. The van der Waals surface area contributed by atoms with Crippen LogP contribution in [0.2, 0.25) is 0 Å². The van der Waals surface area contributed by atoms with Gasteiger partial charge < -0.3 is 5.73 Å². The number of hydrogen-bond acceptors (Lipinski definition) is 5. The molecule has 14 heavy (non-hydrogen) atoms. The molecule has 0 spiro atoms. The Morgan fingerprint density at radius 2 is 2.43 bits per heavy atom. The molecule has 1 aromatic heterocycles. The van der Waals surface area contributed by atoms with Crippen molar-refractivity contribution in [3.8, 4) is 6.07 Å². The zero-order valence-electron chi connectivity index (χ0n) is 7.25. The second-order valence-electron chi connectivity index (χ2n) is 2.67.